The summed E-state index contributed by atoms with van der Waals surface area (Å²) in [5.74, 6) is 0.552. The molecule has 0 atom stereocenters. The third-order valence-corrected chi connectivity index (χ3v) is 6.12. The molecule has 0 fully saturated rings. The molecule has 1 amide bonds. The summed E-state index contributed by atoms with van der Waals surface area (Å²) in [5, 5.41) is 4.08. The minimum atomic E-state index is -0.230. The molecule has 0 bridgehead atoms. The molecule has 4 aromatic rings. The van der Waals surface area contributed by atoms with Gasteiger partial charge in [0.15, 0.2) is 5.13 Å². The van der Waals surface area contributed by atoms with Crippen molar-refractivity contribution in [2.75, 3.05) is 5.32 Å². The second-order valence-electron chi connectivity index (χ2n) is 7.60. The summed E-state index contributed by atoms with van der Waals surface area (Å²) in [6.45, 7) is 4.56. The molecule has 0 saturated heterocycles. The van der Waals surface area contributed by atoms with Crippen LogP contribution >= 0.6 is 22.9 Å². The number of ether oxygens (including phenoxy) is 1. The molecule has 4 rings (SSSR count). The summed E-state index contributed by atoms with van der Waals surface area (Å²) in [4.78, 5) is 17.9. The number of carbonyl (C=O) groups is 1. The number of hydrogen-bond acceptors (Lipinski definition) is 4. The molecule has 0 radical (unpaired) electrons. The van der Waals surface area contributed by atoms with E-state index in [4.69, 9.17) is 16.3 Å². The molecule has 1 N–H and O–H groups in total. The maximum atomic E-state index is 12.4. The Morgan fingerprint density at radius 2 is 1.70 bits per heavy atom. The predicted octanol–water partition coefficient (Wildman–Crippen LogP) is 7.31. The molecule has 0 saturated carbocycles. The van der Waals surface area contributed by atoms with Gasteiger partial charge in [-0.15, -0.1) is 11.3 Å². The van der Waals surface area contributed by atoms with E-state index in [-0.39, 0.29) is 5.91 Å². The van der Waals surface area contributed by atoms with Crippen LogP contribution < -0.4 is 10.1 Å². The van der Waals surface area contributed by atoms with Gasteiger partial charge in [0.1, 0.15) is 12.4 Å². The zero-order chi connectivity index (χ0) is 23.2. The number of benzene rings is 3. The number of halogens is 1. The summed E-state index contributed by atoms with van der Waals surface area (Å²) in [7, 11) is 0. The maximum Gasteiger partial charge on any atom is 0.250 e. The number of rotatable bonds is 7. The zero-order valence-electron chi connectivity index (χ0n) is 18.3. The number of aromatic nitrogens is 1. The number of anilines is 1. The normalized spacial score (nSPS) is 11.0. The van der Waals surface area contributed by atoms with E-state index < -0.39 is 0 Å². The molecule has 0 unspecified atom stereocenters. The predicted molar refractivity (Wildman–Crippen MR) is 137 cm³/mol. The Balaban J connectivity index is 1.32. The summed E-state index contributed by atoms with van der Waals surface area (Å²) < 4.78 is 5.83. The highest BCUT2D eigenvalue weighted by Gasteiger charge is 2.11. The average molecular weight is 475 g/mol. The van der Waals surface area contributed by atoms with Crippen LogP contribution in [0.3, 0.4) is 0 Å². The number of hydrogen-bond donors (Lipinski definition) is 1. The lowest BCUT2D eigenvalue weighted by molar-refractivity contribution is -0.111. The molecule has 4 nitrogen and oxygen atoms in total. The van der Waals surface area contributed by atoms with Crippen LogP contribution in [-0.4, -0.2) is 10.9 Å². The molecule has 1 heterocycles. The van der Waals surface area contributed by atoms with E-state index in [1.165, 1.54) is 23.0 Å². The van der Waals surface area contributed by atoms with Gasteiger partial charge in [-0.2, -0.15) is 0 Å². The quantitative estimate of drug-likeness (QED) is 0.285. The van der Waals surface area contributed by atoms with Gasteiger partial charge in [-0.25, -0.2) is 4.98 Å². The Bertz CT molecular complexity index is 1260. The van der Waals surface area contributed by atoms with Gasteiger partial charge in [-0.1, -0.05) is 65.7 Å². The number of carbonyl (C=O) groups excluding carboxylic acids is 1. The first-order valence-corrected chi connectivity index (χ1v) is 11.7. The van der Waals surface area contributed by atoms with E-state index in [1.54, 1.807) is 6.08 Å². The fourth-order valence-electron chi connectivity index (χ4n) is 3.17. The van der Waals surface area contributed by atoms with Gasteiger partial charge in [0, 0.05) is 21.5 Å². The van der Waals surface area contributed by atoms with Crippen LogP contribution in [-0.2, 0) is 11.4 Å². The standard InChI is InChI=1S/C27H23ClN2O2S/c1-18-3-5-21(6-4-18)17-32-24-14-7-20(8-15-24)9-16-25(31)29-27-30-26(19(2)33-27)22-10-12-23(28)13-11-22/h3-16H,17H2,1-2H3,(H,29,30,31)/b16-9+. The molecule has 33 heavy (non-hydrogen) atoms. The lowest BCUT2D eigenvalue weighted by Gasteiger charge is -2.07. The second-order valence-corrected chi connectivity index (χ2v) is 9.24. The highest BCUT2D eigenvalue weighted by molar-refractivity contribution is 7.16. The summed E-state index contributed by atoms with van der Waals surface area (Å²) >= 11 is 7.41. The SMILES string of the molecule is Cc1ccc(COc2ccc(/C=C/C(=O)Nc3nc(-c4ccc(Cl)cc4)c(C)s3)cc2)cc1. The van der Waals surface area contributed by atoms with Gasteiger partial charge in [0.2, 0.25) is 5.91 Å². The lowest BCUT2D eigenvalue weighted by atomic mass is 10.1. The fraction of sp³-hybridized carbons (Fsp3) is 0.111. The lowest BCUT2D eigenvalue weighted by Crippen LogP contribution is -2.07. The van der Waals surface area contributed by atoms with Crippen molar-refractivity contribution in [3.63, 3.8) is 0 Å². The first-order chi connectivity index (χ1) is 16.0. The van der Waals surface area contributed by atoms with Crippen LogP contribution in [0, 0.1) is 13.8 Å². The van der Waals surface area contributed by atoms with Gasteiger partial charge >= 0.3 is 0 Å². The van der Waals surface area contributed by atoms with Gasteiger partial charge in [-0.05, 0) is 55.3 Å². The fourth-order valence-corrected chi connectivity index (χ4v) is 4.14. The number of aryl methyl sites for hydroxylation is 2. The Morgan fingerprint density at radius 1 is 1.00 bits per heavy atom. The molecule has 1 aromatic heterocycles. The van der Waals surface area contributed by atoms with Crippen molar-refractivity contribution >= 4 is 40.1 Å². The van der Waals surface area contributed by atoms with Crippen LogP contribution in [0.25, 0.3) is 17.3 Å². The Morgan fingerprint density at radius 3 is 2.39 bits per heavy atom. The maximum absolute atomic E-state index is 12.4. The van der Waals surface area contributed by atoms with Gasteiger partial charge in [0.25, 0.3) is 0 Å². The Kier molecular flexibility index (Phi) is 7.23. The third-order valence-electron chi connectivity index (χ3n) is 4.98. The highest BCUT2D eigenvalue weighted by atomic mass is 35.5. The van der Waals surface area contributed by atoms with E-state index in [0.717, 1.165) is 33.0 Å². The van der Waals surface area contributed by atoms with Crippen LogP contribution in [0.5, 0.6) is 5.75 Å². The van der Waals surface area contributed by atoms with Crippen molar-refractivity contribution in [2.24, 2.45) is 0 Å². The van der Waals surface area contributed by atoms with Crippen LogP contribution in [0.2, 0.25) is 5.02 Å². The van der Waals surface area contributed by atoms with Crippen LogP contribution in [0.1, 0.15) is 21.6 Å². The highest BCUT2D eigenvalue weighted by Crippen LogP contribution is 2.31. The van der Waals surface area contributed by atoms with Crippen molar-refractivity contribution in [3.8, 4) is 17.0 Å². The van der Waals surface area contributed by atoms with Crippen molar-refractivity contribution in [2.45, 2.75) is 20.5 Å². The van der Waals surface area contributed by atoms with Crippen molar-refractivity contribution in [1.29, 1.82) is 0 Å². The second kappa shape index (κ2) is 10.5. The zero-order valence-corrected chi connectivity index (χ0v) is 19.9. The van der Waals surface area contributed by atoms with Crippen molar-refractivity contribution in [1.82, 2.24) is 4.98 Å². The monoisotopic (exact) mass is 474 g/mol. The molecular weight excluding hydrogens is 452 g/mol. The molecule has 0 aliphatic carbocycles. The minimum absolute atomic E-state index is 0.230. The van der Waals surface area contributed by atoms with E-state index in [9.17, 15) is 4.79 Å². The van der Waals surface area contributed by atoms with Crippen LogP contribution in [0.4, 0.5) is 5.13 Å². The molecular formula is C27H23ClN2O2S. The smallest absolute Gasteiger partial charge is 0.250 e. The topological polar surface area (TPSA) is 51.2 Å². The first-order valence-electron chi connectivity index (χ1n) is 10.5. The number of thiazole rings is 1. The van der Waals surface area contributed by atoms with Gasteiger partial charge < -0.3 is 4.74 Å². The summed E-state index contributed by atoms with van der Waals surface area (Å²) in [6, 6.07) is 23.4. The van der Waals surface area contributed by atoms with Crippen LogP contribution in [0.15, 0.2) is 78.9 Å². The number of nitrogens with zero attached hydrogens (tertiary/aromatic N) is 1. The third kappa shape index (κ3) is 6.31. The van der Waals surface area contributed by atoms with E-state index in [1.807, 2.05) is 55.5 Å². The van der Waals surface area contributed by atoms with E-state index in [0.29, 0.717) is 16.8 Å². The van der Waals surface area contributed by atoms with Gasteiger partial charge in [-0.3, -0.25) is 10.1 Å². The largest absolute Gasteiger partial charge is 0.489 e. The molecule has 3 aromatic carbocycles. The Labute approximate surface area is 202 Å². The van der Waals surface area contributed by atoms with E-state index in [2.05, 4.69) is 41.5 Å². The average Bonchev–Trinajstić information content (AvgIpc) is 3.18. The molecule has 166 valence electrons. The molecule has 6 heteroatoms. The first kappa shape index (κ1) is 22.8. The summed E-state index contributed by atoms with van der Waals surface area (Å²) in [5.41, 5.74) is 5.07. The Hall–Kier alpha value is -3.41. The molecule has 0 aliphatic rings. The molecule has 0 spiro atoms. The number of nitrogens with one attached hydrogen (secondary N) is 1. The number of amides is 1. The molecule has 0 aliphatic heterocycles. The summed E-state index contributed by atoms with van der Waals surface area (Å²) in [6.07, 6.45) is 3.26. The van der Waals surface area contributed by atoms with Gasteiger partial charge in [0.05, 0.1) is 5.69 Å². The van der Waals surface area contributed by atoms with Crippen molar-refractivity contribution < 1.29 is 9.53 Å². The minimum Gasteiger partial charge on any atom is -0.489 e. The van der Waals surface area contributed by atoms with Crippen molar-refractivity contribution in [3.05, 3.63) is 105 Å². The van der Waals surface area contributed by atoms with E-state index >= 15 is 0 Å².